The maximum atomic E-state index is 4.53. The molecule has 0 fully saturated rings. The monoisotopic (exact) mass is 272 g/mol. The summed E-state index contributed by atoms with van der Waals surface area (Å²) in [5.41, 5.74) is 6.14. The lowest BCUT2D eigenvalue weighted by Gasteiger charge is -2.02. The Balaban J connectivity index is 0.00000133. The number of pyridine rings is 1. The van der Waals surface area contributed by atoms with Gasteiger partial charge < -0.3 is 4.98 Å². The van der Waals surface area contributed by atoms with Crippen LogP contribution in [-0.4, -0.2) is 9.97 Å². The van der Waals surface area contributed by atoms with Gasteiger partial charge in [-0.3, -0.25) is 4.98 Å². The largest absolute Gasteiger partial charge is 0.357 e. The van der Waals surface area contributed by atoms with Crippen molar-refractivity contribution in [2.45, 2.75) is 20.3 Å². The van der Waals surface area contributed by atoms with Crippen LogP contribution in [-0.2, 0) is 6.42 Å². The van der Waals surface area contributed by atoms with Gasteiger partial charge in [-0.15, -0.1) is 12.4 Å². The first-order valence-corrected chi connectivity index (χ1v) is 6.22. The van der Waals surface area contributed by atoms with Crippen molar-refractivity contribution in [3.05, 3.63) is 65.1 Å². The van der Waals surface area contributed by atoms with Crippen molar-refractivity contribution < 1.29 is 0 Å². The summed E-state index contributed by atoms with van der Waals surface area (Å²) < 4.78 is 0. The van der Waals surface area contributed by atoms with Gasteiger partial charge in [0.05, 0.1) is 11.2 Å². The first kappa shape index (κ1) is 13.6. The molecule has 3 rings (SSSR count). The van der Waals surface area contributed by atoms with Gasteiger partial charge in [0, 0.05) is 23.7 Å². The number of H-pyrrole nitrogens is 1. The third kappa shape index (κ3) is 2.49. The summed E-state index contributed by atoms with van der Waals surface area (Å²) in [6.07, 6.45) is 2.78. The zero-order valence-electron chi connectivity index (χ0n) is 11.1. The second-order valence-corrected chi connectivity index (χ2v) is 4.72. The van der Waals surface area contributed by atoms with E-state index in [1.54, 1.807) is 0 Å². The Labute approximate surface area is 119 Å². The zero-order valence-corrected chi connectivity index (χ0v) is 11.9. The molecule has 2 nitrogen and oxygen atoms in total. The highest BCUT2D eigenvalue weighted by molar-refractivity contribution is 5.86. The second kappa shape index (κ2) is 5.45. The fourth-order valence-corrected chi connectivity index (χ4v) is 2.36. The average Bonchev–Trinajstić information content (AvgIpc) is 2.69. The molecule has 0 saturated heterocycles. The Hall–Kier alpha value is -1.80. The molecule has 0 bridgehead atoms. The number of nitrogens with zero attached hydrogens (tertiary/aromatic N) is 1. The van der Waals surface area contributed by atoms with E-state index < -0.39 is 0 Å². The minimum absolute atomic E-state index is 0. The topological polar surface area (TPSA) is 28.7 Å². The third-order valence-electron chi connectivity index (χ3n) is 3.52. The predicted octanol–water partition coefficient (Wildman–Crippen LogP) is 4.19. The van der Waals surface area contributed by atoms with E-state index in [9.17, 15) is 0 Å². The van der Waals surface area contributed by atoms with E-state index in [2.05, 4.69) is 54.1 Å². The lowest BCUT2D eigenvalue weighted by atomic mass is 10.1. The van der Waals surface area contributed by atoms with E-state index in [0.29, 0.717) is 0 Å². The number of aromatic nitrogens is 2. The molecule has 2 aromatic heterocycles. The number of halogens is 1. The molecular formula is C16H17ClN2. The van der Waals surface area contributed by atoms with Crippen LogP contribution >= 0.6 is 12.4 Å². The van der Waals surface area contributed by atoms with Gasteiger partial charge in [0.1, 0.15) is 0 Å². The molecule has 1 aromatic carbocycles. The minimum atomic E-state index is 0. The SMILES string of the molecule is Cc1[nH]c2c(Cc3ccccc3)nccc2c1C.Cl. The van der Waals surface area contributed by atoms with E-state index in [4.69, 9.17) is 0 Å². The summed E-state index contributed by atoms with van der Waals surface area (Å²) in [5, 5.41) is 1.29. The molecule has 98 valence electrons. The molecule has 0 saturated carbocycles. The highest BCUT2D eigenvalue weighted by Gasteiger charge is 2.09. The van der Waals surface area contributed by atoms with E-state index >= 15 is 0 Å². The first-order chi connectivity index (χ1) is 8.75. The van der Waals surface area contributed by atoms with Crippen LogP contribution in [0.2, 0.25) is 0 Å². The maximum Gasteiger partial charge on any atom is 0.0688 e. The van der Waals surface area contributed by atoms with Crippen molar-refractivity contribution in [2.24, 2.45) is 0 Å². The van der Waals surface area contributed by atoms with Gasteiger partial charge in [0.15, 0.2) is 0 Å². The molecule has 3 heteroatoms. The number of rotatable bonds is 2. The van der Waals surface area contributed by atoms with Crippen molar-refractivity contribution in [2.75, 3.05) is 0 Å². The molecule has 19 heavy (non-hydrogen) atoms. The molecule has 0 aliphatic heterocycles. The van der Waals surface area contributed by atoms with Crippen molar-refractivity contribution >= 4 is 23.3 Å². The van der Waals surface area contributed by atoms with E-state index in [1.165, 1.54) is 27.7 Å². The van der Waals surface area contributed by atoms with Crippen LogP contribution in [0.1, 0.15) is 22.5 Å². The van der Waals surface area contributed by atoms with E-state index in [1.807, 2.05) is 12.3 Å². The van der Waals surface area contributed by atoms with Gasteiger partial charge in [-0.05, 0) is 31.0 Å². The van der Waals surface area contributed by atoms with Crippen LogP contribution < -0.4 is 0 Å². The second-order valence-electron chi connectivity index (χ2n) is 4.72. The third-order valence-corrected chi connectivity index (χ3v) is 3.52. The molecule has 0 aliphatic carbocycles. The standard InChI is InChI=1S/C16H16N2.ClH/c1-11-12(2)18-16-14(11)8-9-17-15(16)10-13-6-4-3-5-7-13;/h3-9,18H,10H2,1-2H3;1H. The Kier molecular flexibility index (Phi) is 3.91. The predicted molar refractivity (Wildman–Crippen MR) is 82.1 cm³/mol. The fraction of sp³-hybridized carbons (Fsp3) is 0.188. The molecule has 2 heterocycles. The van der Waals surface area contributed by atoms with Crippen LogP contribution in [0.3, 0.4) is 0 Å². The molecule has 0 spiro atoms. The Bertz CT molecular complexity index is 687. The molecule has 3 aromatic rings. The van der Waals surface area contributed by atoms with Crippen molar-refractivity contribution in [1.82, 2.24) is 9.97 Å². The van der Waals surface area contributed by atoms with Crippen LogP contribution in [0.4, 0.5) is 0 Å². The zero-order chi connectivity index (χ0) is 12.5. The molecule has 0 amide bonds. The quantitative estimate of drug-likeness (QED) is 0.744. The Morgan fingerprint density at radius 2 is 1.79 bits per heavy atom. The van der Waals surface area contributed by atoms with Crippen molar-refractivity contribution in [3.8, 4) is 0 Å². The number of hydrogen-bond acceptors (Lipinski definition) is 1. The summed E-state index contributed by atoms with van der Waals surface area (Å²) in [7, 11) is 0. The van der Waals surface area contributed by atoms with Gasteiger partial charge >= 0.3 is 0 Å². The highest BCUT2D eigenvalue weighted by atomic mass is 35.5. The van der Waals surface area contributed by atoms with Crippen LogP contribution in [0.15, 0.2) is 42.6 Å². The van der Waals surface area contributed by atoms with Gasteiger partial charge in [0.2, 0.25) is 0 Å². The smallest absolute Gasteiger partial charge is 0.0688 e. The molecule has 0 atom stereocenters. The molecule has 0 unspecified atom stereocenters. The van der Waals surface area contributed by atoms with Crippen molar-refractivity contribution in [3.63, 3.8) is 0 Å². The lowest BCUT2D eigenvalue weighted by Crippen LogP contribution is -1.93. The minimum Gasteiger partial charge on any atom is -0.357 e. The molecule has 1 N–H and O–H groups in total. The van der Waals surface area contributed by atoms with E-state index in [0.717, 1.165) is 12.1 Å². The van der Waals surface area contributed by atoms with Gasteiger partial charge in [-0.25, -0.2) is 0 Å². The summed E-state index contributed by atoms with van der Waals surface area (Å²) >= 11 is 0. The number of hydrogen-bond donors (Lipinski definition) is 1. The number of aromatic amines is 1. The highest BCUT2D eigenvalue weighted by Crippen LogP contribution is 2.24. The van der Waals surface area contributed by atoms with Gasteiger partial charge in [-0.2, -0.15) is 0 Å². The average molecular weight is 273 g/mol. The number of fused-ring (bicyclic) bond motifs is 1. The van der Waals surface area contributed by atoms with Gasteiger partial charge in [-0.1, -0.05) is 30.3 Å². The van der Waals surface area contributed by atoms with Crippen molar-refractivity contribution in [1.29, 1.82) is 0 Å². The maximum absolute atomic E-state index is 4.53. The Morgan fingerprint density at radius 1 is 1.05 bits per heavy atom. The summed E-state index contributed by atoms with van der Waals surface area (Å²) in [6, 6.07) is 12.6. The Morgan fingerprint density at radius 3 is 2.53 bits per heavy atom. The summed E-state index contributed by atoms with van der Waals surface area (Å²) in [4.78, 5) is 7.98. The fourth-order valence-electron chi connectivity index (χ4n) is 2.36. The molecule has 0 aliphatic rings. The summed E-state index contributed by atoms with van der Waals surface area (Å²) in [6.45, 7) is 4.27. The molecular weight excluding hydrogens is 256 g/mol. The van der Waals surface area contributed by atoms with Crippen LogP contribution in [0, 0.1) is 13.8 Å². The summed E-state index contributed by atoms with van der Waals surface area (Å²) in [5.74, 6) is 0. The van der Waals surface area contributed by atoms with Crippen LogP contribution in [0.5, 0.6) is 0 Å². The van der Waals surface area contributed by atoms with Gasteiger partial charge in [0.25, 0.3) is 0 Å². The van der Waals surface area contributed by atoms with E-state index in [-0.39, 0.29) is 12.4 Å². The normalized spacial score (nSPS) is 10.4. The number of aryl methyl sites for hydroxylation is 2. The lowest BCUT2D eigenvalue weighted by molar-refractivity contribution is 1.08. The number of benzene rings is 1. The van der Waals surface area contributed by atoms with Crippen LogP contribution in [0.25, 0.3) is 10.9 Å². The number of nitrogens with one attached hydrogen (secondary N) is 1. The molecule has 0 radical (unpaired) electrons. The first-order valence-electron chi connectivity index (χ1n) is 6.22.